The van der Waals surface area contributed by atoms with Crippen LogP contribution in [-0.4, -0.2) is 35.0 Å². The Hall–Kier alpha value is -2.57. The highest BCUT2D eigenvalue weighted by Gasteiger charge is 2.26. The molecule has 2 heterocycles. The molecule has 4 rings (SSSR count). The minimum atomic E-state index is -0.0492. The molecule has 0 saturated heterocycles. The molecule has 0 unspecified atom stereocenters. The lowest BCUT2D eigenvalue weighted by atomic mass is 9.95. The lowest BCUT2D eigenvalue weighted by molar-refractivity contribution is 0.307. The van der Waals surface area contributed by atoms with Crippen molar-refractivity contribution in [3.8, 4) is 0 Å². The molecule has 2 aromatic heterocycles. The summed E-state index contributed by atoms with van der Waals surface area (Å²) in [6, 6.07) is 10.8. The van der Waals surface area contributed by atoms with E-state index in [4.69, 9.17) is 0 Å². The van der Waals surface area contributed by atoms with Gasteiger partial charge in [-0.05, 0) is 28.8 Å². The number of hydrogen-bond donors (Lipinski definition) is 0. The lowest BCUT2D eigenvalue weighted by Gasteiger charge is -2.25. The van der Waals surface area contributed by atoms with E-state index in [2.05, 4.69) is 54.6 Å². The van der Waals surface area contributed by atoms with Gasteiger partial charge in [-0.15, -0.1) is 5.10 Å². The summed E-state index contributed by atoms with van der Waals surface area (Å²) in [5.41, 5.74) is 1.23. The molecule has 1 fully saturated rings. The van der Waals surface area contributed by atoms with Crippen LogP contribution in [0.5, 0.6) is 0 Å². The molecule has 1 aromatic carbocycles. The number of rotatable bonds is 5. The Balaban J connectivity index is 1.68. The van der Waals surface area contributed by atoms with Gasteiger partial charge in [-0.1, -0.05) is 49.6 Å². The molecule has 0 aliphatic heterocycles. The van der Waals surface area contributed by atoms with Gasteiger partial charge in [0, 0.05) is 6.42 Å². The molecule has 0 N–H and O–H groups in total. The summed E-state index contributed by atoms with van der Waals surface area (Å²) in [6.45, 7) is 0. The van der Waals surface area contributed by atoms with E-state index < -0.39 is 0 Å². The fraction of sp³-hybridized carbons (Fsp3) is 0.471. The van der Waals surface area contributed by atoms with E-state index in [0.29, 0.717) is 6.04 Å². The second-order valence-corrected chi connectivity index (χ2v) is 6.35. The minimum absolute atomic E-state index is 0.0492. The van der Waals surface area contributed by atoms with Gasteiger partial charge < -0.3 is 0 Å². The smallest absolute Gasteiger partial charge is 0.152 e. The standard InChI is InChI=1S/C17H21N7/c1-3-7-14(8-4-1)11-16(23-13-19-21-22-23)17-18-12-20-24(17)15-9-5-2-6-10-15/h1,3-4,7-8,12-13,15-16H,2,5-6,9-11H2/t16-/m0/s1. The average Bonchev–Trinajstić information content (AvgIpc) is 3.33. The topological polar surface area (TPSA) is 74.3 Å². The number of hydrogen-bond acceptors (Lipinski definition) is 5. The largest absolute Gasteiger partial charge is 0.245 e. The number of nitrogens with zero attached hydrogens (tertiary/aromatic N) is 7. The van der Waals surface area contributed by atoms with Crippen molar-refractivity contribution in [1.82, 2.24) is 35.0 Å². The first kappa shape index (κ1) is 15.0. The van der Waals surface area contributed by atoms with Gasteiger partial charge in [0.15, 0.2) is 5.82 Å². The fourth-order valence-electron chi connectivity index (χ4n) is 3.56. The molecule has 0 spiro atoms. The Morgan fingerprint density at radius 2 is 1.92 bits per heavy atom. The first-order valence-corrected chi connectivity index (χ1v) is 8.57. The van der Waals surface area contributed by atoms with Crippen LogP contribution in [0.4, 0.5) is 0 Å². The molecule has 24 heavy (non-hydrogen) atoms. The molecule has 0 amide bonds. The third kappa shape index (κ3) is 3.06. The van der Waals surface area contributed by atoms with Gasteiger partial charge in [0.1, 0.15) is 18.7 Å². The van der Waals surface area contributed by atoms with Gasteiger partial charge >= 0.3 is 0 Å². The average molecular weight is 323 g/mol. The summed E-state index contributed by atoms with van der Waals surface area (Å²) >= 11 is 0. The van der Waals surface area contributed by atoms with Gasteiger partial charge in [-0.3, -0.25) is 0 Å². The molecule has 1 saturated carbocycles. The van der Waals surface area contributed by atoms with Crippen LogP contribution in [0.2, 0.25) is 0 Å². The molecule has 124 valence electrons. The van der Waals surface area contributed by atoms with Crippen LogP contribution in [0.1, 0.15) is 55.6 Å². The Kier molecular flexibility index (Phi) is 4.31. The van der Waals surface area contributed by atoms with Crippen molar-refractivity contribution in [3.63, 3.8) is 0 Å². The van der Waals surface area contributed by atoms with E-state index in [1.54, 1.807) is 17.3 Å². The van der Waals surface area contributed by atoms with Crippen molar-refractivity contribution in [2.24, 2.45) is 0 Å². The summed E-state index contributed by atoms with van der Waals surface area (Å²) in [5, 5.41) is 16.3. The molecular formula is C17H21N7. The molecular weight excluding hydrogens is 302 g/mol. The van der Waals surface area contributed by atoms with E-state index >= 15 is 0 Å². The summed E-state index contributed by atoms with van der Waals surface area (Å²) in [7, 11) is 0. The highest BCUT2D eigenvalue weighted by atomic mass is 15.5. The van der Waals surface area contributed by atoms with Crippen LogP contribution in [0.25, 0.3) is 0 Å². The Bertz CT molecular complexity index is 744. The molecule has 3 aromatic rings. The van der Waals surface area contributed by atoms with Crippen LogP contribution in [0, 0.1) is 0 Å². The lowest BCUT2D eigenvalue weighted by Crippen LogP contribution is -2.24. The number of tetrazole rings is 1. The Morgan fingerprint density at radius 3 is 2.67 bits per heavy atom. The zero-order valence-corrected chi connectivity index (χ0v) is 13.6. The zero-order valence-electron chi connectivity index (χ0n) is 13.6. The first-order chi connectivity index (χ1) is 11.9. The number of aromatic nitrogens is 7. The van der Waals surface area contributed by atoms with Gasteiger partial charge in [0.2, 0.25) is 0 Å². The third-order valence-corrected chi connectivity index (χ3v) is 4.78. The minimum Gasteiger partial charge on any atom is -0.245 e. The highest BCUT2D eigenvalue weighted by Crippen LogP contribution is 2.30. The van der Waals surface area contributed by atoms with Gasteiger partial charge in [0.25, 0.3) is 0 Å². The van der Waals surface area contributed by atoms with Gasteiger partial charge in [-0.25, -0.2) is 14.3 Å². The molecule has 0 radical (unpaired) electrons. The predicted molar refractivity (Wildman–Crippen MR) is 88.2 cm³/mol. The maximum atomic E-state index is 4.58. The van der Waals surface area contributed by atoms with Crippen molar-refractivity contribution in [2.75, 3.05) is 0 Å². The maximum Gasteiger partial charge on any atom is 0.152 e. The Morgan fingerprint density at radius 1 is 1.08 bits per heavy atom. The second-order valence-electron chi connectivity index (χ2n) is 6.35. The van der Waals surface area contributed by atoms with Crippen molar-refractivity contribution < 1.29 is 0 Å². The SMILES string of the molecule is c1ccc(C[C@@H](c2ncnn2C2CCCCC2)n2cnnn2)cc1. The van der Waals surface area contributed by atoms with Gasteiger partial charge in [0.05, 0.1) is 6.04 Å². The van der Waals surface area contributed by atoms with Crippen LogP contribution in [-0.2, 0) is 6.42 Å². The summed E-state index contributed by atoms with van der Waals surface area (Å²) in [4.78, 5) is 4.58. The van der Waals surface area contributed by atoms with E-state index in [9.17, 15) is 0 Å². The van der Waals surface area contributed by atoms with Crippen molar-refractivity contribution in [1.29, 1.82) is 0 Å². The fourth-order valence-corrected chi connectivity index (χ4v) is 3.56. The van der Waals surface area contributed by atoms with Crippen LogP contribution in [0.15, 0.2) is 43.0 Å². The highest BCUT2D eigenvalue weighted by molar-refractivity contribution is 5.17. The number of benzene rings is 1. The van der Waals surface area contributed by atoms with Crippen molar-refractivity contribution in [3.05, 3.63) is 54.4 Å². The van der Waals surface area contributed by atoms with Crippen molar-refractivity contribution in [2.45, 2.75) is 50.6 Å². The van der Waals surface area contributed by atoms with Crippen LogP contribution >= 0.6 is 0 Å². The van der Waals surface area contributed by atoms with E-state index in [1.807, 2.05) is 6.07 Å². The second kappa shape index (κ2) is 6.90. The Labute approximate surface area is 140 Å². The molecule has 7 heteroatoms. The molecule has 0 bridgehead atoms. The van der Waals surface area contributed by atoms with Crippen molar-refractivity contribution >= 4 is 0 Å². The summed E-state index contributed by atoms with van der Waals surface area (Å²) in [6.07, 6.45) is 10.3. The van der Waals surface area contributed by atoms with E-state index in [-0.39, 0.29) is 6.04 Å². The normalized spacial score (nSPS) is 17.0. The predicted octanol–water partition coefficient (Wildman–Crippen LogP) is 2.60. The quantitative estimate of drug-likeness (QED) is 0.721. The van der Waals surface area contributed by atoms with Gasteiger partial charge in [-0.2, -0.15) is 5.10 Å². The third-order valence-electron chi connectivity index (χ3n) is 4.78. The van der Waals surface area contributed by atoms with Crippen LogP contribution in [0.3, 0.4) is 0 Å². The summed E-state index contributed by atoms with van der Waals surface area (Å²) < 4.78 is 3.89. The van der Waals surface area contributed by atoms with E-state index in [0.717, 1.165) is 12.2 Å². The summed E-state index contributed by atoms with van der Waals surface area (Å²) in [5.74, 6) is 0.943. The monoisotopic (exact) mass is 323 g/mol. The maximum absolute atomic E-state index is 4.58. The van der Waals surface area contributed by atoms with Crippen LogP contribution < -0.4 is 0 Å². The molecule has 1 atom stereocenters. The molecule has 1 aliphatic carbocycles. The molecule has 7 nitrogen and oxygen atoms in total. The molecule has 1 aliphatic rings. The van der Waals surface area contributed by atoms with E-state index in [1.165, 1.54) is 37.7 Å². The first-order valence-electron chi connectivity index (χ1n) is 8.57. The zero-order chi connectivity index (χ0) is 16.2.